The summed E-state index contributed by atoms with van der Waals surface area (Å²) in [7, 11) is 3.49. The highest BCUT2D eigenvalue weighted by Crippen LogP contribution is 2.12. The number of nitrogens with zero attached hydrogens (tertiary/aromatic N) is 1. The maximum absolute atomic E-state index is 12.0. The van der Waals surface area contributed by atoms with E-state index in [0.717, 1.165) is 17.5 Å². The smallest absolute Gasteiger partial charge is 0.222 e. The van der Waals surface area contributed by atoms with E-state index >= 15 is 0 Å². The van der Waals surface area contributed by atoms with Crippen molar-refractivity contribution in [1.82, 2.24) is 4.90 Å². The third-order valence-corrected chi connectivity index (χ3v) is 3.34. The van der Waals surface area contributed by atoms with Crippen LogP contribution in [0, 0.1) is 0 Å². The van der Waals surface area contributed by atoms with Crippen LogP contribution in [0.1, 0.15) is 30.9 Å². The SMILES string of the molecule is COC(C)CCC(=O)N(C)Cc1ccccc1CN. The topological polar surface area (TPSA) is 55.6 Å². The molecule has 1 amide bonds. The Morgan fingerprint density at radius 3 is 2.58 bits per heavy atom. The van der Waals surface area contributed by atoms with Crippen molar-refractivity contribution < 1.29 is 9.53 Å². The van der Waals surface area contributed by atoms with Crippen molar-refractivity contribution in [3.8, 4) is 0 Å². The van der Waals surface area contributed by atoms with Gasteiger partial charge >= 0.3 is 0 Å². The molecule has 0 fully saturated rings. The summed E-state index contributed by atoms with van der Waals surface area (Å²) in [6, 6.07) is 7.96. The Bertz CT molecular complexity index is 407. The Morgan fingerprint density at radius 1 is 1.37 bits per heavy atom. The minimum atomic E-state index is 0.119. The molecule has 0 aliphatic carbocycles. The van der Waals surface area contributed by atoms with Crippen LogP contribution >= 0.6 is 0 Å². The second-order valence-electron chi connectivity index (χ2n) is 4.81. The Kier molecular flexibility index (Phi) is 6.53. The van der Waals surface area contributed by atoms with Gasteiger partial charge in [-0.15, -0.1) is 0 Å². The second kappa shape index (κ2) is 7.92. The molecule has 106 valence electrons. The molecule has 0 spiro atoms. The van der Waals surface area contributed by atoms with E-state index in [0.29, 0.717) is 19.5 Å². The Morgan fingerprint density at radius 2 is 2.00 bits per heavy atom. The summed E-state index contributed by atoms with van der Waals surface area (Å²) in [5.74, 6) is 0.135. The summed E-state index contributed by atoms with van der Waals surface area (Å²) in [6.07, 6.45) is 1.38. The minimum absolute atomic E-state index is 0.119. The lowest BCUT2D eigenvalue weighted by molar-refractivity contribution is -0.131. The summed E-state index contributed by atoms with van der Waals surface area (Å²) in [4.78, 5) is 13.8. The summed E-state index contributed by atoms with van der Waals surface area (Å²) < 4.78 is 5.15. The predicted molar refractivity (Wildman–Crippen MR) is 76.5 cm³/mol. The normalized spacial score (nSPS) is 12.2. The fourth-order valence-corrected chi connectivity index (χ4v) is 1.89. The van der Waals surface area contributed by atoms with E-state index in [1.54, 1.807) is 12.0 Å². The molecule has 0 radical (unpaired) electrons. The lowest BCUT2D eigenvalue weighted by Gasteiger charge is -2.20. The number of methoxy groups -OCH3 is 1. The van der Waals surface area contributed by atoms with Crippen LogP contribution in [-0.4, -0.2) is 31.1 Å². The van der Waals surface area contributed by atoms with Crippen molar-refractivity contribution in [1.29, 1.82) is 0 Å². The number of hydrogen-bond donors (Lipinski definition) is 1. The monoisotopic (exact) mass is 264 g/mol. The fourth-order valence-electron chi connectivity index (χ4n) is 1.89. The molecular weight excluding hydrogens is 240 g/mol. The quantitative estimate of drug-likeness (QED) is 0.818. The molecule has 1 aromatic rings. The van der Waals surface area contributed by atoms with Crippen molar-refractivity contribution in [2.75, 3.05) is 14.2 Å². The third kappa shape index (κ3) is 5.01. The first-order valence-corrected chi connectivity index (χ1v) is 6.62. The van der Waals surface area contributed by atoms with Crippen LogP contribution < -0.4 is 5.73 Å². The number of hydrogen-bond acceptors (Lipinski definition) is 3. The Labute approximate surface area is 115 Å². The van der Waals surface area contributed by atoms with Crippen molar-refractivity contribution in [2.24, 2.45) is 5.73 Å². The minimum Gasteiger partial charge on any atom is -0.382 e. The molecule has 0 saturated heterocycles. The lowest BCUT2D eigenvalue weighted by atomic mass is 10.1. The average Bonchev–Trinajstić information content (AvgIpc) is 2.44. The molecule has 0 aromatic heterocycles. The van der Waals surface area contributed by atoms with Gasteiger partial charge in [0.25, 0.3) is 0 Å². The molecule has 1 unspecified atom stereocenters. The maximum Gasteiger partial charge on any atom is 0.222 e. The average molecular weight is 264 g/mol. The maximum atomic E-state index is 12.0. The van der Waals surface area contributed by atoms with Crippen LogP contribution in [0.25, 0.3) is 0 Å². The molecule has 4 heteroatoms. The van der Waals surface area contributed by atoms with Gasteiger partial charge in [0, 0.05) is 33.7 Å². The first-order valence-electron chi connectivity index (χ1n) is 6.62. The van der Waals surface area contributed by atoms with Gasteiger partial charge in [0.1, 0.15) is 0 Å². The third-order valence-electron chi connectivity index (χ3n) is 3.34. The van der Waals surface area contributed by atoms with Crippen LogP contribution in [0.4, 0.5) is 0 Å². The largest absolute Gasteiger partial charge is 0.382 e. The van der Waals surface area contributed by atoms with E-state index in [1.807, 2.05) is 38.2 Å². The molecular formula is C15H24N2O2. The molecule has 2 N–H and O–H groups in total. The number of benzene rings is 1. The van der Waals surface area contributed by atoms with Gasteiger partial charge in [-0.25, -0.2) is 0 Å². The van der Waals surface area contributed by atoms with Crippen LogP contribution in [0.2, 0.25) is 0 Å². The van der Waals surface area contributed by atoms with E-state index < -0.39 is 0 Å². The van der Waals surface area contributed by atoms with Crippen LogP contribution in [0.5, 0.6) is 0 Å². The van der Waals surface area contributed by atoms with E-state index in [4.69, 9.17) is 10.5 Å². The summed E-state index contributed by atoms with van der Waals surface area (Å²) in [5, 5.41) is 0. The van der Waals surface area contributed by atoms with Crippen molar-refractivity contribution >= 4 is 5.91 Å². The molecule has 0 aliphatic heterocycles. The summed E-state index contributed by atoms with van der Waals surface area (Å²) >= 11 is 0. The van der Waals surface area contributed by atoms with Gasteiger partial charge in [-0.1, -0.05) is 24.3 Å². The molecule has 1 rings (SSSR count). The number of nitrogens with two attached hydrogens (primary N) is 1. The van der Waals surface area contributed by atoms with Gasteiger partial charge in [-0.3, -0.25) is 4.79 Å². The zero-order valence-corrected chi connectivity index (χ0v) is 12.1. The standard InChI is InChI=1S/C15H24N2O2/c1-12(19-3)8-9-15(18)17(2)11-14-7-5-4-6-13(14)10-16/h4-7,12H,8-11,16H2,1-3H3. The second-order valence-corrected chi connectivity index (χ2v) is 4.81. The first-order chi connectivity index (χ1) is 9.08. The van der Waals surface area contributed by atoms with Gasteiger partial charge in [0.05, 0.1) is 6.10 Å². The number of rotatable bonds is 7. The van der Waals surface area contributed by atoms with Crippen LogP contribution in [0.3, 0.4) is 0 Å². The van der Waals surface area contributed by atoms with Crippen molar-refractivity contribution in [3.05, 3.63) is 35.4 Å². The number of ether oxygens (including phenoxy) is 1. The number of carbonyl (C=O) groups excluding carboxylic acids is 1. The van der Waals surface area contributed by atoms with Gasteiger partial charge in [-0.2, -0.15) is 0 Å². The van der Waals surface area contributed by atoms with Gasteiger partial charge in [0.15, 0.2) is 0 Å². The van der Waals surface area contributed by atoms with Crippen LogP contribution in [-0.2, 0) is 22.6 Å². The Balaban J connectivity index is 2.54. The van der Waals surface area contributed by atoms with Gasteiger partial charge in [0.2, 0.25) is 5.91 Å². The fraction of sp³-hybridized carbons (Fsp3) is 0.533. The van der Waals surface area contributed by atoms with Crippen LogP contribution in [0.15, 0.2) is 24.3 Å². The zero-order valence-electron chi connectivity index (χ0n) is 12.1. The molecule has 0 saturated carbocycles. The van der Waals surface area contributed by atoms with E-state index in [9.17, 15) is 4.79 Å². The highest BCUT2D eigenvalue weighted by atomic mass is 16.5. The van der Waals surface area contributed by atoms with Gasteiger partial charge < -0.3 is 15.4 Å². The lowest BCUT2D eigenvalue weighted by Crippen LogP contribution is -2.27. The first kappa shape index (κ1) is 15.7. The zero-order chi connectivity index (χ0) is 14.3. The number of amides is 1. The highest BCUT2D eigenvalue weighted by molar-refractivity contribution is 5.75. The molecule has 1 aromatic carbocycles. The van der Waals surface area contributed by atoms with E-state index in [2.05, 4.69) is 0 Å². The molecule has 1 atom stereocenters. The van der Waals surface area contributed by atoms with Crippen molar-refractivity contribution in [3.63, 3.8) is 0 Å². The van der Waals surface area contributed by atoms with E-state index in [-0.39, 0.29) is 12.0 Å². The molecule has 0 heterocycles. The summed E-state index contributed by atoms with van der Waals surface area (Å²) in [5.41, 5.74) is 7.90. The predicted octanol–water partition coefficient (Wildman–Crippen LogP) is 1.92. The van der Waals surface area contributed by atoms with E-state index in [1.165, 1.54) is 0 Å². The molecule has 4 nitrogen and oxygen atoms in total. The number of carbonyl (C=O) groups is 1. The Hall–Kier alpha value is -1.39. The summed E-state index contributed by atoms with van der Waals surface area (Å²) in [6.45, 7) is 3.07. The van der Waals surface area contributed by atoms with Crippen molar-refractivity contribution in [2.45, 2.75) is 39.0 Å². The molecule has 0 aliphatic rings. The highest BCUT2D eigenvalue weighted by Gasteiger charge is 2.12. The molecule has 19 heavy (non-hydrogen) atoms. The molecule has 0 bridgehead atoms. The van der Waals surface area contributed by atoms with Gasteiger partial charge in [-0.05, 0) is 24.5 Å².